The number of hydrogen-bond donors (Lipinski definition) is 0. The lowest BCUT2D eigenvalue weighted by molar-refractivity contribution is -0.387. The fraction of sp³-hybridized carbons (Fsp3) is 0.333. The SMILES string of the molecule is COc1ccc(S(=O)(=O)N(CCN(C)C)Cc2ccccc2)c([N+](=O)[O-])c1.Cl. The Morgan fingerprint density at radius 3 is 2.25 bits per heavy atom. The summed E-state index contributed by atoms with van der Waals surface area (Å²) in [6.45, 7) is 0.809. The number of sulfonamides is 1. The summed E-state index contributed by atoms with van der Waals surface area (Å²) in [5, 5.41) is 11.4. The molecular formula is C18H24ClN3O5S. The van der Waals surface area contributed by atoms with Crippen LogP contribution < -0.4 is 4.74 Å². The van der Waals surface area contributed by atoms with Crippen molar-refractivity contribution >= 4 is 28.1 Å². The van der Waals surface area contributed by atoms with Gasteiger partial charge in [-0.1, -0.05) is 30.3 Å². The monoisotopic (exact) mass is 429 g/mol. The highest BCUT2D eigenvalue weighted by molar-refractivity contribution is 7.89. The van der Waals surface area contributed by atoms with Crippen molar-refractivity contribution < 1.29 is 18.1 Å². The van der Waals surface area contributed by atoms with Crippen LogP contribution in [0.15, 0.2) is 53.4 Å². The number of halogens is 1. The van der Waals surface area contributed by atoms with Crippen LogP contribution in [0.1, 0.15) is 5.56 Å². The van der Waals surface area contributed by atoms with E-state index in [0.717, 1.165) is 11.6 Å². The number of rotatable bonds is 9. The van der Waals surface area contributed by atoms with E-state index < -0.39 is 20.6 Å². The van der Waals surface area contributed by atoms with E-state index >= 15 is 0 Å². The van der Waals surface area contributed by atoms with Gasteiger partial charge in [0.2, 0.25) is 10.0 Å². The van der Waals surface area contributed by atoms with Crippen molar-refractivity contribution in [3.63, 3.8) is 0 Å². The van der Waals surface area contributed by atoms with Gasteiger partial charge < -0.3 is 9.64 Å². The summed E-state index contributed by atoms with van der Waals surface area (Å²) in [5.74, 6) is 0.226. The van der Waals surface area contributed by atoms with E-state index in [-0.39, 0.29) is 36.1 Å². The standard InChI is InChI=1S/C18H23N3O5S.ClH/c1-19(2)11-12-20(14-15-7-5-4-6-8-15)27(24,25)18-10-9-16(26-3)13-17(18)21(22)23;/h4-10,13H,11-12,14H2,1-3H3;1H. The molecule has 0 bridgehead atoms. The zero-order chi connectivity index (χ0) is 20.0. The van der Waals surface area contributed by atoms with Gasteiger partial charge in [0.25, 0.3) is 5.69 Å². The van der Waals surface area contributed by atoms with Gasteiger partial charge in [-0.25, -0.2) is 8.42 Å². The Morgan fingerprint density at radius 2 is 1.71 bits per heavy atom. The second-order valence-corrected chi connectivity index (χ2v) is 8.12. The lowest BCUT2D eigenvalue weighted by Crippen LogP contribution is -2.36. The fourth-order valence-electron chi connectivity index (χ4n) is 2.51. The summed E-state index contributed by atoms with van der Waals surface area (Å²) in [4.78, 5) is 12.2. The molecule has 0 radical (unpaired) electrons. The van der Waals surface area contributed by atoms with Crippen LogP contribution in [0.3, 0.4) is 0 Å². The molecule has 0 spiro atoms. The van der Waals surface area contributed by atoms with Gasteiger partial charge in [0.15, 0.2) is 4.90 Å². The Balaban J connectivity index is 0.00000392. The molecule has 0 aliphatic rings. The number of nitro benzene ring substituents is 1. The maximum absolute atomic E-state index is 13.2. The number of likely N-dealkylation sites (N-methyl/N-ethyl adjacent to an activating group) is 1. The van der Waals surface area contributed by atoms with E-state index in [1.165, 1.54) is 23.5 Å². The predicted octanol–water partition coefficient (Wildman–Crippen LogP) is 2.78. The minimum Gasteiger partial charge on any atom is -0.497 e. The lowest BCUT2D eigenvalue weighted by Gasteiger charge is -2.24. The third-order valence-electron chi connectivity index (χ3n) is 3.98. The Morgan fingerprint density at radius 1 is 1.07 bits per heavy atom. The number of ether oxygens (including phenoxy) is 1. The summed E-state index contributed by atoms with van der Waals surface area (Å²) in [7, 11) is 0.954. The first-order chi connectivity index (χ1) is 12.8. The molecule has 2 rings (SSSR count). The summed E-state index contributed by atoms with van der Waals surface area (Å²) < 4.78 is 32.7. The van der Waals surface area contributed by atoms with Crippen LogP contribution >= 0.6 is 12.4 Å². The van der Waals surface area contributed by atoms with E-state index in [1.807, 2.05) is 49.3 Å². The highest BCUT2D eigenvalue weighted by Gasteiger charge is 2.32. The van der Waals surface area contributed by atoms with Gasteiger partial charge in [0.1, 0.15) is 5.75 Å². The molecule has 0 amide bonds. The van der Waals surface area contributed by atoms with Gasteiger partial charge in [0.05, 0.1) is 18.1 Å². The first kappa shape index (κ1) is 23.8. The molecule has 0 aliphatic carbocycles. The molecule has 0 atom stereocenters. The van der Waals surface area contributed by atoms with Crippen LogP contribution in [0.2, 0.25) is 0 Å². The average molecular weight is 430 g/mol. The zero-order valence-electron chi connectivity index (χ0n) is 15.9. The molecule has 0 heterocycles. The molecule has 0 aliphatic heterocycles. The average Bonchev–Trinajstić information content (AvgIpc) is 2.65. The van der Waals surface area contributed by atoms with Crippen LogP contribution in [-0.2, 0) is 16.6 Å². The Labute approximate surface area is 171 Å². The van der Waals surface area contributed by atoms with Crippen LogP contribution in [0.4, 0.5) is 5.69 Å². The van der Waals surface area contributed by atoms with E-state index in [0.29, 0.717) is 6.54 Å². The minimum atomic E-state index is -4.09. The van der Waals surface area contributed by atoms with Crippen molar-refractivity contribution in [2.45, 2.75) is 11.4 Å². The van der Waals surface area contributed by atoms with Crippen molar-refractivity contribution in [2.24, 2.45) is 0 Å². The molecule has 10 heteroatoms. The third kappa shape index (κ3) is 5.90. The fourth-order valence-corrected chi connectivity index (χ4v) is 4.06. The van der Waals surface area contributed by atoms with Crippen LogP contribution in [0.5, 0.6) is 5.75 Å². The summed E-state index contributed by atoms with van der Waals surface area (Å²) in [6, 6.07) is 12.9. The first-order valence-electron chi connectivity index (χ1n) is 8.27. The maximum Gasteiger partial charge on any atom is 0.293 e. The molecule has 8 nitrogen and oxygen atoms in total. The number of nitrogens with zero attached hydrogens (tertiary/aromatic N) is 3. The lowest BCUT2D eigenvalue weighted by atomic mass is 10.2. The zero-order valence-corrected chi connectivity index (χ0v) is 17.6. The molecule has 154 valence electrons. The van der Waals surface area contributed by atoms with Gasteiger partial charge in [-0.15, -0.1) is 12.4 Å². The molecule has 0 saturated heterocycles. The van der Waals surface area contributed by atoms with Crippen molar-refractivity contribution in [3.8, 4) is 5.75 Å². The smallest absolute Gasteiger partial charge is 0.293 e. The molecule has 2 aromatic carbocycles. The van der Waals surface area contributed by atoms with Gasteiger partial charge >= 0.3 is 0 Å². The minimum absolute atomic E-state index is 0. The Bertz CT molecular complexity index is 891. The quantitative estimate of drug-likeness (QED) is 0.449. The van der Waals surface area contributed by atoms with Crippen LogP contribution in [0, 0.1) is 10.1 Å². The molecule has 0 fully saturated rings. The second-order valence-electron chi connectivity index (χ2n) is 6.22. The number of benzene rings is 2. The van der Waals surface area contributed by atoms with Crippen molar-refractivity contribution in [3.05, 3.63) is 64.2 Å². The second kappa shape index (κ2) is 10.4. The topological polar surface area (TPSA) is 93.0 Å². The maximum atomic E-state index is 13.2. The number of nitro groups is 1. The van der Waals surface area contributed by atoms with Gasteiger partial charge in [-0.05, 0) is 31.8 Å². The molecule has 0 aromatic heterocycles. The predicted molar refractivity (Wildman–Crippen MR) is 109 cm³/mol. The molecule has 0 N–H and O–H groups in total. The van der Waals surface area contributed by atoms with Gasteiger partial charge in [-0.3, -0.25) is 10.1 Å². The van der Waals surface area contributed by atoms with E-state index in [2.05, 4.69) is 0 Å². The van der Waals surface area contributed by atoms with E-state index in [9.17, 15) is 18.5 Å². The van der Waals surface area contributed by atoms with Gasteiger partial charge in [0, 0.05) is 19.6 Å². The Kier molecular flexibility index (Phi) is 8.83. The van der Waals surface area contributed by atoms with E-state index in [4.69, 9.17) is 4.74 Å². The highest BCUT2D eigenvalue weighted by Crippen LogP contribution is 2.31. The molecular weight excluding hydrogens is 406 g/mol. The molecule has 2 aromatic rings. The van der Waals surface area contributed by atoms with E-state index in [1.54, 1.807) is 0 Å². The molecule has 28 heavy (non-hydrogen) atoms. The summed E-state index contributed by atoms with van der Waals surface area (Å²) in [5.41, 5.74) is 0.299. The molecule has 0 saturated carbocycles. The van der Waals surface area contributed by atoms with Crippen LogP contribution in [0.25, 0.3) is 0 Å². The van der Waals surface area contributed by atoms with Crippen LogP contribution in [-0.4, -0.2) is 56.8 Å². The first-order valence-corrected chi connectivity index (χ1v) is 9.71. The van der Waals surface area contributed by atoms with Crippen molar-refractivity contribution in [2.75, 3.05) is 34.3 Å². The summed E-state index contributed by atoms with van der Waals surface area (Å²) >= 11 is 0. The number of hydrogen-bond acceptors (Lipinski definition) is 6. The summed E-state index contributed by atoms with van der Waals surface area (Å²) in [6.07, 6.45) is 0. The molecule has 0 unspecified atom stereocenters. The van der Waals surface area contributed by atoms with Crippen molar-refractivity contribution in [1.82, 2.24) is 9.21 Å². The Hall–Kier alpha value is -2.20. The van der Waals surface area contributed by atoms with Gasteiger partial charge in [-0.2, -0.15) is 4.31 Å². The number of methoxy groups -OCH3 is 1. The third-order valence-corrected chi connectivity index (χ3v) is 5.87. The normalized spacial score (nSPS) is 11.3. The largest absolute Gasteiger partial charge is 0.497 e. The highest BCUT2D eigenvalue weighted by atomic mass is 35.5. The van der Waals surface area contributed by atoms with Crippen molar-refractivity contribution in [1.29, 1.82) is 0 Å².